The molecule has 0 amide bonds. The first-order chi connectivity index (χ1) is 9.77. The Kier molecular flexibility index (Phi) is 3.03. The van der Waals surface area contributed by atoms with Gasteiger partial charge in [0, 0.05) is 32.0 Å². The maximum absolute atomic E-state index is 13.0. The average Bonchev–Trinajstić information content (AvgIpc) is 2.97. The van der Waals surface area contributed by atoms with E-state index < -0.39 is 29.7 Å². The number of fused-ring (bicyclic) bond motifs is 1. The van der Waals surface area contributed by atoms with E-state index in [0.717, 1.165) is 8.61 Å². The SMILES string of the molecule is CN1c2nc(OBO)ccc2N(CC2CC2(F)F)S1(=O)=O. The van der Waals surface area contributed by atoms with Crippen LogP contribution < -0.4 is 13.3 Å². The van der Waals surface area contributed by atoms with E-state index in [1.165, 1.54) is 19.2 Å². The number of halogens is 2. The molecule has 1 unspecified atom stereocenters. The second-order valence-corrected chi connectivity index (χ2v) is 6.82. The molecule has 1 aromatic rings. The van der Waals surface area contributed by atoms with Gasteiger partial charge in [-0.05, 0) is 6.07 Å². The summed E-state index contributed by atoms with van der Waals surface area (Å²) in [6.45, 7) is -0.283. The molecule has 1 aromatic heterocycles. The van der Waals surface area contributed by atoms with Crippen LogP contribution in [0.5, 0.6) is 5.88 Å². The molecule has 7 nitrogen and oxygen atoms in total. The van der Waals surface area contributed by atoms with Crippen LogP contribution in [0.25, 0.3) is 0 Å². The maximum Gasteiger partial charge on any atom is 0.505 e. The number of aromatic nitrogens is 1. The van der Waals surface area contributed by atoms with Gasteiger partial charge in [0.25, 0.3) is 5.92 Å². The second kappa shape index (κ2) is 4.44. The van der Waals surface area contributed by atoms with Gasteiger partial charge in [0.15, 0.2) is 11.7 Å². The predicted octanol–water partition coefficient (Wildman–Crippen LogP) is -0.125. The van der Waals surface area contributed by atoms with Crippen LogP contribution in [-0.4, -0.2) is 45.6 Å². The molecule has 1 N–H and O–H groups in total. The quantitative estimate of drug-likeness (QED) is 0.782. The molecule has 1 aliphatic carbocycles. The number of alkyl halides is 2. The van der Waals surface area contributed by atoms with Crippen LogP contribution in [0.15, 0.2) is 12.1 Å². The third-order valence-corrected chi connectivity index (χ3v) is 5.34. The first-order valence-corrected chi connectivity index (χ1v) is 7.56. The van der Waals surface area contributed by atoms with Crippen LogP contribution in [0.2, 0.25) is 0 Å². The first kappa shape index (κ1) is 14.3. The van der Waals surface area contributed by atoms with E-state index in [0.29, 0.717) is 0 Å². The Labute approximate surface area is 120 Å². The summed E-state index contributed by atoms with van der Waals surface area (Å²) in [5, 5.41) is 8.69. The molecule has 2 heterocycles. The lowest BCUT2D eigenvalue weighted by Crippen LogP contribution is -2.37. The monoisotopic (exact) mass is 319 g/mol. The van der Waals surface area contributed by atoms with Gasteiger partial charge in [-0.15, -0.1) is 0 Å². The van der Waals surface area contributed by atoms with E-state index in [4.69, 9.17) is 9.68 Å². The third-order valence-electron chi connectivity index (χ3n) is 3.57. The van der Waals surface area contributed by atoms with E-state index in [1.54, 1.807) is 0 Å². The van der Waals surface area contributed by atoms with Crippen molar-refractivity contribution in [2.75, 3.05) is 22.2 Å². The summed E-state index contributed by atoms with van der Waals surface area (Å²) in [7, 11) is -3.22. The third kappa shape index (κ3) is 2.20. The fraction of sp³-hybridized carbons (Fsp3) is 0.500. The molecule has 1 aliphatic heterocycles. The van der Waals surface area contributed by atoms with E-state index >= 15 is 0 Å². The predicted molar refractivity (Wildman–Crippen MR) is 72.0 cm³/mol. The number of pyridine rings is 1. The lowest BCUT2D eigenvalue weighted by atomic mass is 10.3. The van der Waals surface area contributed by atoms with Crippen LogP contribution in [0.3, 0.4) is 0 Å². The van der Waals surface area contributed by atoms with Crippen molar-refractivity contribution in [3.05, 3.63) is 12.1 Å². The molecule has 1 fully saturated rings. The first-order valence-electron chi connectivity index (χ1n) is 6.16. The molecule has 21 heavy (non-hydrogen) atoms. The molecule has 0 radical (unpaired) electrons. The van der Waals surface area contributed by atoms with Crippen molar-refractivity contribution in [1.82, 2.24) is 4.98 Å². The molecule has 11 heteroatoms. The number of hydrogen-bond acceptors (Lipinski definition) is 5. The standard InChI is InChI=1S/C10H12BF2N3O4S/c1-15-9-7(2-3-8(14-9)20-11-17)16(21(15,18)19)5-6-4-10(6,12)13/h2-3,6,11,17H,4-5H2,1H3. The summed E-state index contributed by atoms with van der Waals surface area (Å²) in [6.07, 6.45) is -0.308. The van der Waals surface area contributed by atoms with Gasteiger partial charge in [-0.3, -0.25) is 0 Å². The Morgan fingerprint density at radius 2 is 2.24 bits per heavy atom. The van der Waals surface area contributed by atoms with Gasteiger partial charge in [0.05, 0.1) is 5.69 Å². The van der Waals surface area contributed by atoms with Gasteiger partial charge in [-0.2, -0.15) is 13.4 Å². The van der Waals surface area contributed by atoms with E-state index in [1.807, 2.05) is 0 Å². The van der Waals surface area contributed by atoms with Crippen molar-refractivity contribution in [2.45, 2.75) is 12.3 Å². The summed E-state index contributed by atoms with van der Waals surface area (Å²) in [6, 6.07) is 2.80. The summed E-state index contributed by atoms with van der Waals surface area (Å²) in [5.74, 6) is -3.63. The highest BCUT2D eigenvalue weighted by molar-refractivity contribution is 7.94. The summed E-state index contributed by atoms with van der Waals surface area (Å²) >= 11 is 0. The summed E-state index contributed by atoms with van der Waals surface area (Å²) in [5.41, 5.74) is 0.227. The molecule has 1 atom stereocenters. The molecule has 2 aliphatic rings. The lowest BCUT2D eigenvalue weighted by Gasteiger charge is -2.18. The van der Waals surface area contributed by atoms with Crippen molar-refractivity contribution in [3.63, 3.8) is 0 Å². The van der Waals surface area contributed by atoms with Gasteiger partial charge < -0.3 is 9.68 Å². The number of anilines is 2. The average molecular weight is 319 g/mol. The van der Waals surface area contributed by atoms with Gasteiger partial charge in [0.1, 0.15) is 0 Å². The highest BCUT2D eigenvalue weighted by atomic mass is 32.2. The smallest absolute Gasteiger partial charge is 0.505 e. The van der Waals surface area contributed by atoms with E-state index in [-0.39, 0.29) is 30.4 Å². The Balaban J connectivity index is 1.95. The van der Waals surface area contributed by atoms with E-state index in [9.17, 15) is 17.2 Å². The lowest BCUT2D eigenvalue weighted by molar-refractivity contribution is 0.101. The van der Waals surface area contributed by atoms with Crippen molar-refractivity contribution in [3.8, 4) is 5.88 Å². The van der Waals surface area contributed by atoms with Crippen LogP contribution in [-0.2, 0) is 10.2 Å². The fourth-order valence-corrected chi connectivity index (χ4v) is 3.65. The zero-order valence-corrected chi connectivity index (χ0v) is 11.8. The fourth-order valence-electron chi connectivity index (χ4n) is 2.24. The van der Waals surface area contributed by atoms with Gasteiger partial charge in [-0.25, -0.2) is 17.4 Å². The number of hydrogen-bond donors (Lipinski definition) is 1. The molecule has 0 spiro atoms. The normalized spacial score (nSPS) is 24.7. The highest BCUT2D eigenvalue weighted by Crippen LogP contribution is 2.51. The second-order valence-electron chi connectivity index (χ2n) is 4.93. The summed E-state index contributed by atoms with van der Waals surface area (Å²) in [4.78, 5) is 3.97. The van der Waals surface area contributed by atoms with Crippen molar-refractivity contribution < 1.29 is 26.9 Å². The van der Waals surface area contributed by atoms with Crippen LogP contribution in [0.1, 0.15) is 6.42 Å². The van der Waals surface area contributed by atoms with Crippen molar-refractivity contribution in [2.24, 2.45) is 5.92 Å². The minimum atomic E-state index is -3.91. The molecule has 0 aromatic carbocycles. The van der Waals surface area contributed by atoms with E-state index in [2.05, 4.69) is 4.98 Å². The molecule has 3 rings (SSSR count). The van der Waals surface area contributed by atoms with Gasteiger partial charge in [0.2, 0.25) is 0 Å². The molecule has 114 valence electrons. The van der Waals surface area contributed by atoms with Crippen LogP contribution in [0.4, 0.5) is 20.3 Å². The Morgan fingerprint density at radius 3 is 2.81 bits per heavy atom. The Morgan fingerprint density at radius 1 is 1.57 bits per heavy atom. The Hall–Kier alpha value is -1.62. The Bertz CT molecular complexity index is 687. The number of nitrogens with zero attached hydrogens (tertiary/aromatic N) is 3. The zero-order chi connectivity index (χ0) is 15.4. The largest absolute Gasteiger partial charge is 0.525 e. The molecule has 0 saturated heterocycles. The van der Waals surface area contributed by atoms with Crippen molar-refractivity contribution >= 4 is 29.4 Å². The minimum absolute atomic E-state index is 0.0527. The van der Waals surface area contributed by atoms with Crippen LogP contribution >= 0.6 is 0 Å². The number of rotatable bonds is 4. The van der Waals surface area contributed by atoms with Gasteiger partial charge >= 0.3 is 17.9 Å². The van der Waals surface area contributed by atoms with Gasteiger partial charge in [-0.1, -0.05) is 0 Å². The maximum atomic E-state index is 13.0. The molecule has 1 saturated carbocycles. The summed E-state index contributed by atoms with van der Waals surface area (Å²) < 4.78 is 57.3. The highest BCUT2D eigenvalue weighted by Gasteiger charge is 2.59. The molecular weight excluding hydrogens is 307 g/mol. The topological polar surface area (TPSA) is 83.0 Å². The van der Waals surface area contributed by atoms with Crippen molar-refractivity contribution in [1.29, 1.82) is 0 Å². The minimum Gasteiger partial charge on any atom is -0.525 e. The zero-order valence-electron chi connectivity index (χ0n) is 11.0. The van der Waals surface area contributed by atoms with Crippen LogP contribution in [0, 0.1) is 5.92 Å². The molecular formula is C10H12BF2N3O4S. The molecule has 0 bridgehead atoms.